The molecule has 0 aromatic carbocycles. The van der Waals surface area contributed by atoms with Crippen molar-refractivity contribution >= 4 is 33.7 Å². The molecule has 1 aliphatic rings. The van der Waals surface area contributed by atoms with Gasteiger partial charge in [-0.3, -0.25) is 10.1 Å². The van der Waals surface area contributed by atoms with Gasteiger partial charge in [0.2, 0.25) is 0 Å². The largest absolute Gasteiger partial charge is 0.298 e. The van der Waals surface area contributed by atoms with Crippen molar-refractivity contribution in [3.63, 3.8) is 0 Å². The molecule has 112 valence electrons. The van der Waals surface area contributed by atoms with Gasteiger partial charge in [0.05, 0.1) is 11.3 Å². The van der Waals surface area contributed by atoms with E-state index < -0.39 is 0 Å². The maximum Gasteiger partial charge on any atom is 0.260 e. The molecule has 0 spiro atoms. The Kier molecular flexibility index (Phi) is 3.23. The highest BCUT2D eigenvalue weighted by Gasteiger charge is 2.28. The molecule has 3 heterocycles. The summed E-state index contributed by atoms with van der Waals surface area (Å²) in [4.78, 5) is 18.3. The van der Waals surface area contributed by atoms with Crippen molar-refractivity contribution in [1.82, 2.24) is 25.2 Å². The van der Waals surface area contributed by atoms with Crippen molar-refractivity contribution in [3.8, 4) is 5.00 Å². The minimum absolute atomic E-state index is 0.140. The van der Waals surface area contributed by atoms with Crippen LogP contribution in [0, 0.1) is 6.92 Å². The van der Waals surface area contributed by atoms with Crippen LogP contribution in [0.15, 0.2) is 11.7 Å². The van der Waals surface area contributed by atoms with Crippen LogP contribution in [0.25, 0.3) is 5.00 Å². The standard InChI is InChI=1S/C13H12N6OS2/c1-7-5-21-13(15-7)16-11(20)10-8-3-2-4-9(8)22-12(10)19-6-14-17-18-19/h5-6H,2-4H2,1H3,(H,15,16,20). The summed E-state index contributed by atoms with van der Waals surface area (Å²) in [5, 5.41) is 17.5. The van der Waals surface area contributed by atoms with Gasteiger partial charge < -0.3 is 0 Å². The van der Waals surface area contributed by atoms with Crippen LogP contribution in [-0.2, 0) is 12.8 Å². The minimum atomic E-state index is -0.140. The molecule has 0 aliphatic heterocycles. The first-order valence-electron chi connectivity index (χ1n) is 6.84. The normalized spacial score (nSPS) is 13.3. The van der Waals surface area contributed by atoms with Gasteiger partial charge in [-0.1, -0.05) is 0 Å². The third-order valence-electron chi connectivity index (χ3n) is 3.53. The van der Waals surface area contributed by atoms with E-state index in [-0.39, 0.29) is 5.91 Å². The number of tetrazole rings is 1. The Morgan fingerprint density at radius 2 is 2.32 bits per heavy atom. The molecule has 1 N–H and O–H groups in total. The monoisotopic (exact) mass is 332 g/mol. The van der Waals surface area contributed by atoms with Crippen LogP contribution in [-0.4, -0.2) is 31.1 Å². The van der Waals surface area contributed by atoms with Crippen molar-refractivity contribution < 1.29 is 4.79 Å². The van der Waals surface area contributed by atoms with E-state index in [9.17, 15) is 4.79 Å². The molecule has 0 saturated heterocycles. The smallest absolute Gasteiger partial charge is 0.260 e. The highest BCUT2D eigenvalue weighted by atomic mass is 32.1. The molecular weight excluding hydrogens is 320 g/mol. The van der Waals surface area contributed by atoms with E-state index in [0.717, 1.165) is 35.5 Å². The molecule has 3 aromatic rings. The number of fused-ring (bicyclic) bond motifs is 1. The Labute approximate surface area is 134 Å². The third-order valence-corrected chi connectivity index (χ3v) is 5.68. The van der Waals surface area contributed by atoms with E-state index in [1.165, 1.54) is 22.5 Å². The summed E-state index contributed by atoms with van der Waals surface area (Å²) in [6.07, 6.45) is 4.55. The molecule has 22 heavy (non-hydrogen) atoms. The lowest BCUT2D eigenvalue weighted by Gasteiger charge is -2.05. The van der Waals surface area contributed by atoms with E-state index in [2.05, 4.69) is 25.8 Å². The Bertz CT molecular complexity index is 835. The molecule has 1 aliphatic carbocycles. The summed E-state index contributed by atoms with van der Waals surface area (Å²) in [6.45, 7) is 1.90. The molecule has 0 unspecified atom stereocenters. The van der Waals surface area contributed by atoms with Crippen molar-refractivity contribution in [2.24, 2.45) is 0 Å². The molecular formula is C13H12N6OS2. The second-order valence-electron chi connectivity index (χ2n) is 5.04. The second-order valence-corrected chi connectivity index (χ2v) is 6.98. The van der Waals surface area contributed by atoms with Gasteiger partial charge in [0.15, 0.2) is 5.13 Å². The van der Waals surface area contributed by atoms with Gasteiger partial charge >= 0.3 is 0 Å². The van der Waals surface area contributed by atoms with Crippen LogP contribution in [0.3, 0.4) is 0 Å². The fraction of sp³-hybridized carbons (Fsp3) is 0.308. The van der Waals surface area contributed by atoms with Crippen LogP contribution in [0.2, 0.25) is 0 Å². The molecule has 0 saturated carbocycles. The molecule has 0 radical (unpaired) electrons. The zero-order valence-electron chi connectivity index (χ0n) is 11.7. The van der Waals surface area contributed by atoms with E-state index in [4.69, 9.17) is 0 Å². The number of carbonyl (C=O) groups is 1. The summed E-state index contributed by atoms with van der Waals surface area (Å²) >= 11 is 3.02. The number of amides is 1. The van der Waals surface area contributed by atoms with Gasteiger partial charge in [-0.05, 0) is 42.2 Å². The summed E-state index contributed by atoms with van der Waals surface area (Å²) < 4.78 is 1.56. The van der Waals surface area contributed by atoms with Crippen LogP contribution in [0.1, 0.15) is 32.9 Å². The molecule has 3 aromatic heterocycles. The molecule has 0 bridgehead atoms. The molecule has 0 atom stereocenters. The number of hydrogen-bond acceptors (Lipinski definition) is 7. The van der Waals surface area contributed by atoms with Crippen LogP contribution < -0.4 is 5.32 Å². The average molecular weight is 332 g/mol. The first-order chi connectivity index (χ1) is 10.7. The lowest BCUT2D eigenvalue weighted by molar-refractivity contribution is 0.102. The van der Waals surface area contributed by atoms with Crippen LogP contribution in [0.5, 0.6) is 0 Å². The minimum Gasteiger partial charge on any atom is -0.298 e. The zero-order chi connectivity index (χ0) is 15.1. The van der Waals surface area contributed by atoms with E-state index in [0.29, 0.717) is 10.7 Å². The van der Waals surface area contributed by atoms with Gasteiger partial charge in [-0.25, -0.2) is 4.98 Å². The SMILES string of the molecule is Cc1csc(NC(=O)c2c(-n3cnnn3)sc3c2CCC3)n1. The number of aryl methyl sites for hydroxylation is 2. The maximum absolute atomic E-state index is 12.7. The number of thiophene rings is 1. The number of nitrogens with one attached hydrogen (secondary N) is 1. The van der Waals surface area contributed by atoms with Crippen molar-refractivity contribution in [3.05, 3.63) is 33.4 Å². The maximum atomic E-state index is 12.7. The topological polar surface area (TPSA) is 85.6 Å². The first-order valence-corrected chi connectivity index (χ1v) is 8.53. The summed E-state index contributed by atoms with van der Waals surface area (Å²) in [6, 6.07) is 0. The van der Waals surface area contributed by atoms with Gasteiger partial charge in [0, 0.05) is 10.3 Å². The fourth-order valence-electron chi connectivity index (χ4n) is 2.61. The van der Waals surface area contributed by atoms with Gasteiger partial charge in [-0.2, -0.15) is 4.68 Å². The molecule has 7 nitrogen and oxygen atoms in total. The number of rotatable bonds is 3. The number of hydrogen-bond donors (Lipinski definition) is 1. The van der Waals surface area contributed by atoms with Gasteiger partial charge in [0.25, 0.3) is 5.91 Å². The number of aromatic nitrogens is 5. The quantitative estimate of drug-likeness (QED) is 0.795. The second kappa shape index (κ2) is 5.25. The molecule has 1 amide bonds. The van der Waals surface area contributed by atoms with E-state index >= 15 is 0 Å². The number of carbonyl (C=O) groups excluding carboxylic acids is 1. The van der Waals surface area contributed by atoms with Gasteiger partial charge in [-0.15, -0.1) is 27.8 Å². The number of anilines is 1. The Morgan fingerprint density at radius 1 is 1.41 bits per heavy atom. The van der Waals surface area contributed by atoms with E-state index in [1.807, 2.05) is 12.3 Å². The van der Waals surface area contributed by atoms with Gasteiger partial charge in [0.1, 0.15) is 11.3 Å². The highest BCUT2D eigenvalue weighted by Crippen LogP contribution is 2.37. The highest BCUT2D eigenvalue weighted by molar-refractivity contribution is 7.15. The number of thiazole rings is 1. The first kappa shape index (κ1) is 13.5. The molecule has 9 heteroatoms. The van der Waals surface area contributed by atoms with Crippen LogP contribution in [0.4, 0.5) is 5.13 Å². The van der Waals surface area contributed by atoms with Crippen molar-refractivity contribution in [2.45, 2.75) is 26.2 Å². The van der Waals surface area contributed by atoms with Crippen molar-refractivity contribution in [1.29, 1.82) is 0 Å². The summed E-state index contributed by atoms with van der Waals surface area (Å²) in [5.41, 5.74) is 2.70. The van der Waals surface area contributed by atoms with Crippen LogP contribution >= 0.6 is 22.7 Å². The fourth-order valence-corrected chi connectivity index (χ4v) is 4.60. The Morgan fingerprint density at radius 3 is 3.05 bits per heavy atom. The Balaban J connectivity index is 1.75. The summed E-state index contributed by atoms with van der Waals surface area (Å²) in [7, 11) is 0. The summed E-state index contributed by atoms with van der Waals surface area (Å²) in [5.74, 6) is -0.140. The average Bonchev–Trinajstić information content (AvgIpc) is 3.21. The van der Waals surface area contributed by atoms with E-state index in [1.54, 1.807) is 16.0 Å². The predicted octanol–water partition coefficient (Wildman–Crippen LogP) is 2.23. The van der Waals surface area contributed by atoms with Crippen molar-refractivity contribution in [2.75, 3.05) is 5.32 Å². The molecule has 0 fully saturated rings. The molecule has 4 rings (SSSR count). The third kappa shape index (κ3) is 2.22. The lowest BCUT2D eigenvalue weighted by Crippen LogP contribution is -2.15. The lowest BCUT2D eigenvalue weighted by atomic mass is 10.1. The number of nitrogens with zero attached hydrogens (tertiary/aromatic N) is 5. The Hall–Kier alpha value is -2.13. The predicted molar refractivity (Wildman–Crippen MR) is 83.9 cm³/mol. The zero-order valence-corrected chi connectivity index (χ0v) is 13.4.